The van der Waals surface area contributed by atoms with E-state index < -0.39 is 0 Å². The van der Waals surface area contributed by atoms with Crippen LogP contribution in [0.1, 0.15) is 22.6 Å². The molecular weight excluding hydrogens is 298 g/mol. The third-order valence-corrected chi connectivity index (χ3v) is 3.43. The van der Waals surface area contributed by atoms with Gasteiger partial charge in [-0.1, -0.05) is 48.5 Å². The van der Waals surface area contributed by atoms with E-state index in [-0.39, 0.29) is 11.4 Å². The molecule has 0 radical (unpaired) electrons. The molecule has 0 unspecified atom stereocenters. The topological polar surface area (TPSA) is 85.4 Å². The monoisotopic (exact) mass is 311 g/mol. The second kappa shape index (κ2) is 7.04. The predicted molar refractivity (Wildman–Crippen MR) is 90.4 cm³/mol. The van der Waals surface area contributed by atoms with Crippen LogP contribution in [-0.4, -0.2) is 9.97 Å². The first-order valence-electron chi connectivity index (χ1n) is 7.37. The Morgan fingerprint density at radius 3 is 2.00 bits per heavy atom. The van der Waals surface area contributed by atoms with Crippen molar-refractivity contribution in [2.45, 2.75) is 6.42 Å². The molecule has 3 rings (SSSR count). The van der Waals surface area contributed by atoms with Gasteiger partial charge in [0.2, 0.25) is 0 Å². The fourth-order valence-corrected chi connectivity index (χ4v) is 2.30. The fraction of sp³-hybridized carbons (Fsp3) is 0.0526. The number of hydrogen-bond donors (Lipinski definition) is 1. The summed E-state index contributed by atoms with van der Waals surface area (Å²) in [5.74, 6) is 0.487. The van der Waals surface area contributed by atoms with Crippen molar-refractivity contribution in [2.24, 2.45) is 0 Å². The number of para-hydroxylation sites is 1. The zero-order chi connectivity index (χ0) is 16.8. The van der Waals surface area contributed by atoms with Crippen molar-refractivity contribution in [1.29, 1.82) is 10.5 Å². The fourth-order valence-electron chi connectivity index (χ4n) is 2.30. The van der Waals surface area contributed by atoms with Gasteiger partial charge < -0.3 is 5.32 Å². The standard InChI is InChI=1S/C19H13N5/c20-12-17-18(13-21)24-19(22-15-9-5-2-6-10-15)16(23-17)11-14-7-3-1-4-8-14/h1-10H,11H2,(H,22,24). The summed E-state index contributed by atoms with van der Waals surface area (Å²) < 4.78 is 0. The van der Waals surface area contributed by atoms with Crippen LogP contribution < -0.4 is 5.32 Å². The normalized spacial score (nSPS) is 9.75. The van der Waals surface area contributed by atoms with E-state index in [1.807, 2.05) is 72.8 Å². The van der Waals surface area contributed by atoms with E-state index in [1.165, 1.54) is 0 Å². The molecule has 5 heteroatoms. The molecule has 1 N–H and O–H groups in total. The Kier molecular flexibility index (Phi) is 4.46. The highest BCUT2D eigenvalue weighted by molar-refractivity contribution is 5.60. The summed E-state index contributed by atoms with van der Waals surface area (Å²) in [6.45, 7) is 0. The van der Waals surface area contributed by atoms with Crippen LogP contribution in [0.5, 0.6) is 0 Å². The molecule has 1 heterocycles. The summed E-state index contributed by atoms with van der Waals surface area (Å²) in [5, 5.41) is 21.6. The lowest BCUT2D eigenvalue weighted by Crippen LogP contribution is -2.07. The van der Waals surface area contributed by atoms with E-state index in [2.05, 4.69) is 15.3 Å². The summed E-state index contributed by atoms with van der Waals surface area (Å²) in [4.78, 5) is 8.64. The van der Waals surface area contributed by atoms with Crippen LogP contribution in [0.25, 0.3) is 0 Å². The van der Waals surface area contributed by atoms with Crippen LogP contribution in [0.4, 0.5) is 11.5 Å². The minimum Gasteiger partial charge on any atom is -0.339 e. The second-order valence-corrected chi connectivity index (χ2v) is 5.09. The average Bonchev–Trinajstić information content (AvgIpc) is 2.64. The lowest BCUT2D eigenvalue weighted by atomic mass is 10.1. The second-order valence-electron chi connectivity index (χ2n) is 5.09. The summed E-state index contributed by atoms with van der Waals surface area (Å²) in [7, 11) is 0. The Bertz CT molecular complexity index is 843. The molecule has 1 aromatic heterocycles. The van der Waals surface area contributed by atoms with Crippen molar-refractivity contribution in [3.63, 3.8) is 0 Å². The Balaban J connectivity index is 2.04. The van der Waals surface area contributed by atoms with Crippen LogP contribution in [0.15, 0.2) is 60.7 Å². The van der Waals surface area contributed by atoms with Crippen LogP contribution in [-0.2, 0) is 6.42 Å². The van der Waals surface area contributed by atoms with Gasteiger partial charge in [0, 0.05) is 12.1 Å². The maximum atomic E-state index is 9.20. The van der Waals surface area contributed by atoms with Gasteiger partial charge in [0.25, 0.3) is 0 Å². The molecule has 2 aromatic carbocycles. The maximum absolute atomic E-state index is 9.20. The Morgan fingerprint density at radius 1 is 0.792 bits per heavy atom. The first-order valence-corrected chi connectivity index (χ1v) is 7.37. The van der Waals surface area contributed by atoms with E-state index in [1.54, 1.807) is 0 Å². The van der Waals surface area contributed by atoms with E-state index in [4.69, 9.17) is 0 Å². The van der Waals surface area contributed by atoms with Crippen LogP contribution in [0.2, 0.25) is 0 Å². The molecule has 0 fully saturated rings. The van der Waals surface area contributed by atoms with Gasteiger partial charge in [-0.15, -0.1) is 0 Å². The number of nitrogens with zero attached hydrogens (tertiary/aromatic N) is 4. The molecule has 0 aliphatic heterocycles. The highest BCUT2D eigenvalue weighted by Gasteiger charge is 2.14. The van der Waals surface area contributed by atoms with E-state index in [0.717, 1.165) is 11.3 Å². The molecule has 114 valence electrons. The number of nitriles is 2. The zero-order valence-corrected chi connectivity index (χ0v) is 12.8. The first kappa shape index (κ1) is 15.2. The molecule has 0 amide bonds. The highest BCUT2D eigenvalue weighted by atomic mass is 15.0. The average molecular weight is 311 g/mol. The SMILES string of the molecule is N#Cc1nc(Cc2ccccc2)c(Nc2ccccc2)nc1C#N. The number of anilines is 2. The van der Waals surface area contributed by atoms with Crippen LogP contribution in [0, 0.1) is 22.7 Å². The Labute approximate surface area is 139 Å². The molecule has 0 aliphatic rings. The number of rotatable bonds is 4. The van der Waals surface area contributed by atoms with Gasteiger partial charge in [-0.05, 0) is 17.7 Å². The largest absolute Gasteiger partial charge is 0.339 e. The van der Waals surface area contributed by atoms with Gasteiger partial charge in [0.1, 0.15) is 12.1 Å². The van der Waals surface area contributed by atoms with Crippen LogP contribution >= 0.6 is 0 Å². The number of benzene rings is 2. The van der Waals surface area contributed by atoms with E-state index in [0.29, 0.717) is 17.9 Å². The Morgan fingerprint density at radius 2 is 1.38 bits per heavy atom. The lowest BCUT2D eigenvalue weighted by molar-refractivity contribution is 1.01. The molecule has 0 saturated heterocycles. The number of aromatic nitrogens is 2. The molecule has 0 spiro atoms. The van der Waals surface area contributed by atoms with Crippen molar-refractivity contribution in [3.05, 3.63) is 83.3 Å². The molecule has 0 aliphatic carbocycles. The minimum absolute atomic E-state index is 0.0211. The molecule has 0 saturated carbocycles. The quantitative estimate of drug-likeness (QED) is 0.796. The molecule has 5 nitrogen and oxygen atoms in total. The van der Waals surface area contributed by atoms with Gasteiger partial charge in [0.05, 0.1) is 5.69 Å². The summed E-state index contributed by atoms with van der Waals surface area (Å²) in [6.07, 6.45) is 0.517. The van der Waals surface area contributed by atoms with Crippen LogP contribution in [0.3, 0.4) is 0 Å². The zero-order valence-electron chi connectivity index (χ0n) is 12.8. The first-order chi connectivity index (χ1) is 11.8. The molecular formula is C19H13N5. The molecule has 0 atom stereocenters. The third kappa shape index (κ3) is 3.37. The summed E-state index contributed by atoms with van der Waals surface area (Å²) in [5.41, 5.74) is 2.58. The smallest absolute Gasteiger partial charge is 0.179 e. The summed E-state index contributed by atoms with van der Waals surface area (Å²) in [6, 6.07) is 23.2. The van der Waals surface area contributed by atoms with Gasteiger partial charge in [-0.2, -0.15) is 10.5 Å². The van der Waals surface area contributed by atoms with Crippen molar-refractivity contribution in [2.75, 3.05) is 5.32 Å². The molecule has 0 bridgehead atoms. The summed E-state index contributed by atoms with van der Waals surface area (Å²) >= 11 is 0. The number of hydrogen-bond acceptors (Lipinski definition) is 5. The van der Waals surface area contributed by atoms with Gasteiger partial charge >= 0.3 is 0 Å². The van der Waals surface area contributed by atoms with Gasteiger partial charge in [-0.25, -0.2) is 9.97 Å². The van der Waals surface area contributed by atoms with E-state index in [9.17, 15) is 10.5 Å². The highest BCUT2D eigenvalue weighted by Crippen LogP contribution is 2.21. The number of nitrogens with one attached hydrogen (secondary N) is 1. The maximum Gasteiger partial charge on any atom is 0.179 e. The van der Waals surface area contributed by atoms with E-state index >= 15 is 0 Å². The minimum atomic E-state index is 0.0211. The predicted octanol–water partition coefficient (Wildman–Crippen LogP) is 3.55. The van der Waals surface area contributed by atoms with Gasteiger partial charge in [0.15, 0.2) is 17.2 Å². The lowest BCUT2D eigenvalue weighted by Gasteiger charge is -2.11. The van der Waals surface area contributed by atoms with Crippen molar-refractivity contribution >= 4 is 11.5 Å². The third-order valence-electron chi connectivity index (χ3n) is 3.43. The Hall–Kier alpha value is -3.70. The van der Waals surface area contributed by atoms with Gasteiger partial charge in [-0.3, -0.25) is 0 Å². The molecule has 3 aromatic rings. The van der Waals surface area contributed by atoms with Crippen molar-refractivity contribution < 1.29 is 0 Å². The van der Waals surface area contributed by atoms with Crippen molar-refractivity contribution in [3.8, 4) is 12.1 Å². The van der Waals surface area contributed by atoms with Crippen molar-refractivity contribution in [1.82, 2.24) is 9.97 Å². The molecule has 24 heavy (non-hydrogen) atoms.